The van der Waals surface area contributed by atoms with Gasteiger partial charge in [0.15, 0.2) is 5.75 Å². The minimum absolute atomic E-state index is 0.0137. The number of ether oxygens (including phenoxy) is 1. The summed E-state index contributed by atoms with van der Waals surface area (Å²) in [6.07, 6.45) is 16.0. The Kier molecular flexibility index (Phi) is 16.5. The van der Waals surface area contributed by atoms with Crippen molar-refractivity contribution >= 4 is 75.9 Å². The van der Waals surface area contributed by atoms with Crippen LogP contribution in [0.5, 0.6) is 17.2 Å². The van der Waals surface area contributed by atoms with Crippen LogP contribution in [0.1, 0.15) is 104 Å². The second kappa shape index (κ2) is 21.7. The van der Waals surface area contributed by atoms with Crippen molar-refractivity contribution in [2.45, 2.75) is 109 Å². The number of anilines is 3. The molecule has 0 unspecified atom stereocenters. The molecule has 5 aromatic rings. The van der Waals surface area contributed by atoms with E-state index in [1.165, 1.54) is 108 Å². The van der Waals surface area contributed by atoms with E-state index in [1.807, 2.05) is 0 Å². The maximum Gasteiger partial charge on any atom is 0.262 e. The molecule has 15 heteroatoms. The zero-order chi connectivity index (χ0) is 43.1. The molecule has 0 heterocycles. The number of carbonyl (C=O) groups is 1. The molecule has 0 aliphatic carbocycles. The minimum Gasteiger partial charge on any atom is -0.506 e. The number of sulfonamides is 2. The predicted molar refractivity (Wildman–Crippen MR) is 241 cm³/mol. The number of para-hydroxylation sites is 1. The molecule has 5 aromatic carbocycles. The molecule has 0 saturated carbocycles. The smallest absolute Gasteiger partial charge is 0.262 e. The Hall–Kier alpha value is -5.41. The Bertz CT molecular complexity index is 2510. The van der Waals surface area contributed by atoms with Crippen molar-refractivity contribution < 1.29 is 36.6 Å². The Balaban J connectivity index is 1.32. The zero-order valence-electron chi connectivity index (χ0n) is 34.7. The van der Waals surface area contributed by atoms with Gasteiger partial charge < -0.3 is 20.3 Å². The van der Waals surface area contributed by atoms with Crippen LogP contribution >= 0.6 is 0 Å². The van der Waals surface area contributed by atoms with Crippen molar-refractivity contribution in [3.05, 3.63) is 78.9 Å². The van der Waals surface area contributed by atoms with Gasteiger partial charge in [0.25, 0.3) is 10.0 Å². The van der Waals surface area contributed by atoms with E-state index in [1.54, 1.807) is 42.5 Å². The molecule has 13 nitrogen and oxygen atoms in total. The monoisotopic (exact) mass is 859 g/mol. The quantitative estimate of drug-likeness (QED) is 0.0229. The van der Waals surface area contributed by atoms with Crippen LogP contribution < -0.4 is 19.5 Å². The molecule has 0 fully saturated rings. The normalized spacial score (nSPS) is 12.0. The molecule has 1 amide bonds. The van der Waals surface area contributed by atoms with Gasteiger partial charge in [0.2, 0.25) is 15.9 Å². The van der Waals surface area contributed by atoms with Crippen LogP contribution in [0.25, 0.3) is 21.5 Å². The van der Waals surface area contributed by atoms with Gasteiger partial charge in [-0.1, -0.05) is 127 Å². The van der Waals surface area contributed by atoms with Gasteiger partial charge in [0, 0.05) is 17.7 Å². The summed E-state index contributed by atoms with van der Waals surface area (Å²) in [4.78, 5) is 11.9. The van der Waals surface area contributed by atoms with Crippen molar-refractivity contribution in [2.75, 3.05) is 27.6 Å². The molecule has 0 aromatic heterocycles. The van der Waals surface area contributed by atoms with Crippen LogP contribution in [0.2, 0.25) is 0 Å². The summed E-state index contributed by atoms with van der Waals surface area (Å²) in [6, 6.07) is 20.0. The summed E-state index contributed by atoms with van der Waals surface area (Å²) < 4.78 is 65.7. The minimum atomic E-state index is -4.57. The van der Waals surface area contributed by atoms with E-state index in [9.17, 15) is 31.8 Å². The molecule has 0 radical (unpaired) electrons. The SMILES string of the molecule is CCCCCCCCCCCCCCCCS(=O)(=O)Nc1cccc2ccc(O)c(NS(=O)(=O)c3ccc(NC(C)=O)c4c(O)c(N=Nc5ccccc5OC)ccc34)c12. The van der Waals surface area contributed by atoms with Crippen LogP contribution in [0.4, 0.5) is 28.4 Å². The molecule has 0 saturated heterocycles. The van der Waals surface area contributed by atoms with Gasteiger partial charge in [0.1, 0.15) is 28.6 Å². The largest absolute Gasteiger partial charge is 0.506 e. The zero-order valence-corrected chi connectivity index (χ0v) is 36.3. The summed E-state index contributed by atoms with van der Waals surface area (Å²) in [5, 5.41) is 34.2. The van der Waals surface area contributed by atoms with Crippen LogP contribution in [-0.2, 0) is 24.8 Å². The van der Waals surface area contributed by atoms with Crippen molar-refractivity contribution in [2.24, 2.45) is 10.2 Å². The summed E-state index contributed by atoms with van der Waals surface area (Å²) in [7, 11) is -6.93. The molecule has 0 atom stereocenters. The number of phenols is 2. The van der Waals surface area contributed by atoms with Crippen LogP contribution in [-0.4, -0.2) is 45.8 Å². The van der Waals surface area contributed by atoms with E-state index < -0.39 is 37.5 Å². The Labute approximate surface area is 353 Å². The first kappa shape index (κ1) is 45.7. The van der Waals surface area contributed by atoms with Gasteiger partial charge in [-0.3, -0.25) is 14.2 Å². The number of benzene rings is 5. The first-order valence-electron chi connectivity index (χ1n) is 20.7. The van der Waals surface area contributed by atoms with Crippen LogP contribution in [0, 0.1) is 0 Å². The Morgan fingerprint density at radius 3 is 1.93 bits per heavy atom. The molecule has 5 rings (SSSR count). The first-order valence-corrected chi connectivity index (χ1v) is 23.9. The maximum absolute atomic E-state index is 14.3. The molecule has 0 aliphatic heterocycles. The average molecular weight is 860 g/mol. The lowest BCUT2D eigenvalue weighted by molar-refractivity contribution is -0.114. The summed E-state index contributed by atoms with van der Waals surface area (Å²) in [5.41, 5.74) is 0.341. The third kappa shape index (κ3) is 12.3. The number of azo groups is 1. The lowest BCUT2D eigenvalue weighted by Gasteiger charge is -2.18. The Morgan fingerprint density at radius 1 is 0.650 bits per heavy atom. The van der Waals surface area contributed by atoms with E-state index in [-0.39, 0.29) is 49.6 Å². The number of unbranched alkanes of at least 4 members (excludes halogenated alkanes) is 13. The van der Waals surface area contributed by atoms with Crippen molar-refractivity contribution in [1.82, 2.24) is 0 Å². The summed E-state index contributed by atoms with van der Waals surface area (Å²) in [6.45, 7) is 3.51. The molecule has 322 valence electrons. The highest BCUT2D eigenvalue weighted by Crippen LogP contribution is 2.44. The lowest BCUT2D eigenvalue weighted by atomic mass is 10.0. The number of nitrogens with zero attached hydrogens (tertiary/aromatic N) is 2. The van der Waals surface area contributed by atoms with E-state index >= 15 is 0 Å². The topological polar surface area (TPSA) is 196 Å². The number of phenolic OH excluding ortho intramolecular Hbond substituents is 2. The molecule has 0 aliphatic rings. The van der Waals surface area contributed by atoms with Crippen molar-refractivity contribution in [3.63, 3.8) is 0 Å². The van der Waals surface area contributed by atoms with Crippen LogP contribution in [0.3, 0.4) is 0 Å². The molecular formula is C45H57N5O8S2. The van der Waals surface area contributed by atoms with Gasteiger partial charge in [0.05, 0.1) is 34.5 Å². The van der Waals surface area contributed by atoms with Gasteiger partial charge >= 0.3 is 0 Å². The number of rotatable bonds is 24. The molecule has 60 heavy (non-hydrogen) atoms. The number of carbonyl (C=O) groups excluding carboxylic acids is 1. The van der Waals surface area contributed by atoms with E-state index in [0.29, 0.717) is 23.2 Å². The number of fused-ring (bicyclic) bond motifs is 2. The number of nitrogens with one attached hydrogen (secondary N) is 3. The van der Waals surface area contributed by atoms with Crippen molar-refractivity contribution in [3.8, 4) is 17.2 Å². The molecule has 5 N–H and O–H groups in total. The Morgan fingerprint density at radius 2 is 1.28 bits per heavy atom. The highest BCUT2D eigenvalue weighted by molar-refractivity contribution is 7.93. The number of hydrogen-bond donors (Lipinski definition) is 5. The van der Waals surface area contributed by atoms with Gasteiger partial charge in [-0.2, -0.15) is 0 Å². The van der Waals surface area contributed by atoms with Gasteiger partial charge in [-0.15, -0.1) is 10.2 Å². The summed E-state index contributed by atoms with van der Waals surface area (Å²) in [5.74, 6) is -1.03. The van der Waals surface area contributed by atoms with E-state index in [2.05, 4.69) is 31.9 Å². The fraction of sp³-hybridized carbons (Fsp3) is 0.400. The van der Waals surface area contributed by atoms with E-state index in [4.69, 9.17) is 4.74 Å². The third-order valence-electron chi connectivity index (χ3n) is 10.3. The van der Waals surface area contributed by atoms with Gasteiger partial charge in [-0.05, 0) is 54.3 Å². The number of aromatic hydroxyl groups is 2. The number of amides is 1. The fourth-order valence-electron chi connectivity index (χ4n) is 7.27. The average Bonchev–Trinajstić information content (AvgIpc) is 3.21. The highest BCUT2D eigenvalue weighted by atomic mass is 32.2. The predicted octanol–water partition coefficient (Wildman–Crippen LogP) is 11.8. The second-order valence-electron chi connectivity index (χ2n) is 15.0. The first-order chi connectivity index (χ1) is 28.8. The number of methoxy groups -OCH3 is 1. The standard InChI is InChI=1S/C45H57N5O8S2/c1-4-5-6-7-8-9-10-11-12-13-14-15-16-19-31-59(54,55)49-37-23-20-21-33-25-29-39(52)44(42(33)37)50-60(56,57)41-30-28-36(46-32(2)51)43-34(41)26-27-38(45(43)53)48-47-35-22-17-18-24-40(35)58-3/h17-18,20-30,49-50,52-53H,4-16,19,31H2,1-3H3,(H,46,51). The van der Waals surface area contributed by atoms with Crippen molar-refractivity contribution in [1.29, 1.82) is 0 Å². The lowest BCUT2D eigenvalue weighted by Crippen LogP contribution is -2.18. The highest BCUT2D eigenvalue weighted by Gasteiger charge is 2.25. The fourth-order valence-corrected chi connectivity index (χ4v) is 9.75. The molecule has 0 spiro atoms. The van der Waals surface area contributed by atoms with E-state index in [0.717, 1.165) is 25.7 Å². The second-order valence-corrected chi connectivity index (χ2v) is 18.5. The molecular weight excluding hydrogens is 803 g/mol. The number of hydrogen-bond acceptors (Lipinski definition) is 10. The van der Waals surface area contributed by atoms with Gasteiger partial charge in [-0.25, -0.2) is 16.8 Å². The molecule has 0 bridgehead atoms. The maximum atomic E-state index is 14.3. The summed E-state index contributed by atoms with van der Waals surface area (Å²) >= 11 is 0. The van der Waals surface area contributed by atoms with Crippen LogP contribution in [0.15, 0.2) is 94.0 Å². The third-order valence-corrected chi connectivity index (χ3v) is 13.1.